The van der Waals surface area contributed by atoms with Gasteiger partial charge in [0.25, 0.3) is 0 Å². The van der Waals surface area contributed by atoms with Crippen LogP contribution < -0.4 is 5.32 Å². The number of allylic oxidation sites excluding steroid dienone is 11. The number of hydrogen-bond donors (Lipinski definition) is 6. The van der Waals surface area contributed by atoms with Crippen molar-refractivity contribution in [3.63, 3.8) is 0 Å². The SMILES string of the molecule is CC/C=C\C/C=C\C/C=C\C/C=C\C/C=C\CCCCCCCCCCC(O)C(=O)NC(COC1OC(CO)C(O)C(O)C1OC(=O)CCCCCCCCCCCCC)C(O)/C=C/CCCCCCCCCCC. The highest BCUT2D eigenvalue weighted by Crippen LogP contribution is 2.26. The molecular formula is C64H113NO10. The maximum atomic E-state index is 13.4. The Morgan fingerprint density at radius 1 is 0.533 bits per heavy atom. The zero-order valence-electron chi connectivity index (χ0n) is 47.9. The van der Waals surface area contributed by atoms with Crippen LogP contribution in [0.15, 0.2) is 72.9 Å². The largest absolute Gasteiger partial charge is 0.454 e. The summed E-state index contributed by atoms with van der Waals surface area (Å²) >= 11 is 0. The van der Waals surface area contributed by atoms with Gasteiger partial charge in [0.1, 0.15) is 24.4 Å². The molecule has 8 atom stereocenters. The fraction of sp³-hybridized carbons (Fsp3) is 0.781. The molecule has 0 aromatic heterocycles. The first kappa shape index (κ1) is 70.1. The Kier molecular flexibility index (Phi) is 48.5. The molecule has 0 aromatic carbocycles. The third-order valence-corrected chi connectivity index (χ3v) is 14.1. The molecule has 1 amide bonds. The number of ether oxygens (including phenoxy) is 3. The van der Waals surface area contributed by atoms with Gasteiger partial charge in [-0.15, -0.1) is 0 Å². The molecule has 0 spiro atoms. The van der Waals surface area contributed by atoms with Crippen LogP contribution in [0.1, 0.15) is 258 Å². The normalized spacial score (nSPS) is 19.7. The number of aliphatic hydroxyl groups is 5. The van der Waals surface area contributed by atoms with E-state index in [1.54, 1.807) is 6.08 Å². The van der Waals surface area contributed by atoms with Crippen molar-refractivity contribution in [3.05, 3.63) is 72.9 Å². The third-order valence-electron chi connectivity index (χ3n) is 14.1. The van der Waals surface area contributed by atoms with Crippen LogP contribution in [0.4, 0.5) is 0 Å². The lowest BCUT2D eigenvalue weighted by Crippen LogP contribution is -2.61. The number of carbonyl (C=O) groups excluding carboxylic acids is 2. The maximum absolute atomic E-state index is 13.4. The molecule has 0 bridgehead atoms. The van der Waals surface area contributed by atoms with Gasteiger partial charge in [-0.2, -0.15) is 0 Å². The van der Waals surface area contributed by atoms with Gasteiger partial charge in [-0.3, -0.25) is 9.59 Å². The average molecular weight is 1060 g/mol. The quantitative estimate of drug-likeness (QED) is 0.0195. The number of rotatable bonds is 51. The van der Waals surface area contributed by atoms with E-state index < -0.39 is 67.4 Å². The summed E-state index contributed by atoms with van der Waals surface area (Å²) in [6.45, 7) is 5.65. The van der Waals surface area contributed by atoms with Crippen LogP contribution in [0.5, 0.6) is 0 Å². The van der Waals surface area contributed by atoms with Crippen molar-refractivity contribution in [2.45, 2.75) is 307 Å². The van der Waals surface area contributed by atoms with Gasteiger partial charge in [0.15, 0.2) is 12.4 Å². The topological polar surface area (TPSA) is 175 Å². The highest BCUT2D eigenvalue weighted by Gasteiger charge is 2.47. The van der Waals surface area contributed by atoms with E-state index in [9.17, 15) is 35.1 Å². The molecule has 1 aliphatic heterocycles. The fourth-order valence-corrected chi connectivity index (χ4v) is 9.27. The number of aliphatic hydroxyl groups excluding tert-OH is 5. The smallest absolute Gasteiger partial charge is 0.306 e. The minimum atomic E-state index is -1.61. The molecule has 0 aromatic rings. The van der Waals surface area contributed by atoms with Crippen molar-refractivity contribution in [3.8, 4) is 0 Å². The first-order chi connectivity index (χ1) is 36.7. The van der Waals surface area contributed by atoms with Gasteiger partial charge in [0.2, 0.25) is 5.91 Å². The molecule has 75 heavy (non-hydrogen) atoms. The summed E-state index contributed by atoms with van der Waals surface area (Å²) in [5.74, 6) is -1.20. The van der Waals surface area contributed by atoms with Gasteiger partial charge in [0.05, 0.1) is 25.4 Å². The van der Waals surface area contributed by atoms with E-state index in [-0.39, 0.29) is 19.4 Å². The molecule has 11 nitrogen and oxygen atoms in total. The van der Waals surface area contributed by atoms with Crippen molar-refractivity contribution >= 4 is 11.9 Å². The van der Waals surface area contributed by atoms with Crippen LogP contribution in [-0.4, -0.2) is 99.6 Å². The lowest BCUT2D eigenvalue weighted by molar-refractivity contribution is -0.305. The van der Waals surface area contributed by atoms with Crippen LogP contribution >= 0.6 is 0 Å². The van der Waals surface area contributed by atoms with Gasteiger partial charge >= 0.3 is 5.97 Å². The van der Waals surface area contributed by atoms with Crippen LogP contribution in [0.3, 0.4) is 0 Å². The summed E-state index contributed by atoms with van der Waals surface area (Å²) in [4.78, 5) is 26.5. The van der Waals surface area contributed by atoms with E-state index in [1.807, 2.05) is 6.08 Å². The van der Waals surface area contributed by atoms with Gasteiger partial charge in [-0.05, 0) is 70.6 Å². The standard InChI is InChI=1S/C64H113NO10/c1-4-7-10-13-16-19-22-23-24-25-26-27-28-29-30-31-32-33-34-37-39-42-45-48-51-57(68)63(72)65-55(56(67)50-47-44-41-38-35-20-17-14-11-8-5-2)54-73-64-62(61(71)60(70)58(53-66)74-64)75-59(69)52-49-46-43-40-36-21-18-15-12-9-6-3/h7,10,16,19,23-24,26-27,29-30,47,50,55-58,60-62,64,66-68,70-71H,4-6,8-9,11-15,17-18,20-22,25,28,31-46,48-49,51-54H2,1-3H3,(H,65,72)/b10-7-,19-16-,24-23-,27-26-,30-29-,50-47+. The van der Waals surface area contributed by atoms with Crippen molar-refractivity contribution in [2.24, 2.45) is 0 Å². The summed E-state index contributed by atoms with van der Waals surface area (Å²) in [7, 11) is 0. The second-order valence-corrected chi connectivity index (χ2v) is 21.1. The lowest BCUT2D eigenvalue weighted by atomic mass is 9.99. The molecule has 0 radical (unpaired) electrons. The Labute approximate surface area is 458 Å². The van der Waals surface area contributed by atoms with Crippen molar-refractivity contribution in [1.82, 2.24) is 5.32 Å². The van der Waals surface area contributed by atoms with Crippen LogP contribution in [-0.2, 0) is 23.8 Å². The zero-order valence-corrected chi connectivity index (χ0v) is 47.9. The first-order valence-electron chi connectivity index (χ1n) is 30.7. The minimum absolute atomic E-state index is 0.124. The zero-order chi connectivity index (χ0) is 54.7. The number of unbranched alkanes of at least 4 members (excludes halogenated alkanes) is 27. The van der Waals surface area contributed by atoms with Gasteiger partial charge in [0, 0.05) is 6.42 Å². The van der Waals surface area contributed by atoms with E-state index in [0.29, 0.717) is 12.8 Å². The van der Waals surface area contributed by atoms with E-state index in [1.165, 1.54) is 116 Å². The molecule has 434 valence electrons. The molecule has 11 heteroatoms. The second kappa shape index (κ2) is 51.8. The van der Waals surface area contributed by atoms with E-state index in [2.05, 4.69) is 86.8 Å². The molecule has 1 heterocycles. The molecule has 1 aliphatic rings. The monoisotopic (exact) mass is 1060 g/mol. The van der Waals surface area contributed by atoms with Crippen molar-refractivity contribution < 1.29 is 49.3 Å². The fourth-order valence-electron chi connectivity index (χ4n) is 9.27. The predicted octanol–water partition coefficient (Wildman–Crippen LogP) is 14.4. The Morgan fingerprint density at radius 2 is 0.960 bits per heavy atom. The van der Waals surface area contributed by atoms with Gasteiger partial charge in [-0.25, -0.2) is 0 Å². The highest BCUT2D eigenvalue weighted by atomic mass is 16.7. The number of hydrogen-bond acceptors (Lipinski definition) is 10. The minimum Gasteiger partial charge on any atom is -0.454 e. The molecule has 0 aliphatic carbocycles. The van der Waals surface area contributed by atoms with Gasteiger partial charge < -0.3 is 45.1 Å². The summed E-state index contributed by atoms with van der Waals surface area (Å²) in [5, 5.41) is 56.8. The molecule has 0 saturated carbocycles. The van der Waals surface area contributed by atoms with Crippen LogP contribution in [0, 0.1) is 0 Å². The number of carbonyl (C=O) groups is 2. The predicted molar refractivity (Wildman–Crippen MR) is 310 cm³/mol. The first-order valence-corrected chi connectivity index (χ1v) is 30.7. The van der Waals surface area contributed by atoms with Crippen LogP contribution in [0.25, 0.3) is 0 Å². The molecule has 8 unspecified atom stereocenters. The third kappa shape index (κ3) is 40.0. The van der Waals surface area contributed by atoms with E-state index in [0.717, 1.165) is 96.3 Å². The number of esters is 1. The number of amides is 1. The highest BCUT2D eigenvalue weighted by molar-refractivity contribution is 5.80. The molecule has 1 fully saturated rings. The molecular weight excluding hydrogens is 943 g/mol. The Balaban J connectivity index is 2.62. The Hall–Kier alpha value is -2.90. The summed E-state index contributed by atoms with van der Waals surface area (Å²) in [6, 6.07) is -1.03. The van der Waals surface area contributed by atoms with Crippen LogP contribution in [0.2, 0.25) is 0 Å². The van der Waals surface area contributed by atoms with Crippen molar-refractivity contribution in [1.29, 1.82) is 0 Å². The molecule has 1 rings (SSSR count). The lowest BCUT2D eigenvalue weighted by Gasteiger charge is -2.41. The summed E-state index contributed by atoms with van der Waals surface area (Å²) in [6.07, 6.45) is 55.2. The van der Waals surface area contributed by atoms with Crippen molar-refractivity contribution in [2.75, 3.05) is 13.2 Å². The molecule has 1 saturated heterocycles. The maximum Gasteiger partial charge on any atom is 0.306 e. The Morgan fingerprint density at radius 3 is 1.44 bits per heavy atom. The summed E-state index contributed by atoms with van der Waals surface area (Å²) < 4.78 is 17.6. The average Bonchev–Trinajstić information content (AvgIpc) is 3.41. The number of nitrogens with one attached hydrogen (secondary N) is 1. The van der Waals surface area contributed by atoms with Gasteiger partial charge in [-0.1, -0.05) is 254 Å². The Bertz CT molecular complexity index is 1490. The second-order valence-electron chi connectivity index (χ2n) is 21.1. The summed E-state index contributed by atoms with van der Waals surface area (Å²) in [5.41, 5.74) is 0. The van der Waals surface area contributed by atoms with E-state index >= 15 is 0 Å². The van der Waals surface area contributed by atoms with E-state index in [4.69, 9.17) is 14.2 Å². The molecule has 6 N–H and O–H groups in total.